The van der Waals surface area contributed by atoms with Crippen LogP contribution in [0.3, 0.4) is 0 Å². The molecule has 0 aliphatic rings. The normalized spacial score (nSPS) is 9.93. The number of carbonyl (C=O) groups is 4. The van der Waals surface area contributed by atoms with Gasteiger partial charge in [-0.2, -0.15) is 0 Å². The van der Waals surface area contributed by atoms with Crippen LogP contribution in [0.5, 0.6) is 0 Å². The predicted molar refractivity (Wildman–Crippen MR) is 104 cm³/mol. The molecular weight excluding hydrogens is 386 g/mol. The van der Waals surface area contributed by atoms with Crippen molar-refractivity contribution in [3.05, 3.63) is 59.1 Å². The molecule has 0 saturated heterocycles. The van der Waals surface area contributed by atoms with E-state index < -0.39 is 23.7 Å². The molecule has 2 aromatic carbocycles. The Kier molecular flexibility index (Phi) is 7.53. The van der Waals surface area contributed by atoms with Gasteiger partial charge >= 0.3 is 17.8 Å². The lowest BCUT2D eigenvalue weighted by Gasteiger charge is -2.08. The van der Waals surface area contributed by atoms with Crippen molar-refractivity contribution in [1.29, 1.82) is 0 Å². The second-order valence-corrected chi connectivity index (χ2v) is 5.93. The van der Waals surface area contributed by atoms with Crippen LogP contribution < -0.4 is 16.0 Å². The Balaban J connectivity index is 1.81. The van der Waals surface area contributed by atoms with E-state index in [0.29, 0.717) is 22.0 Å². The molecule has 0 bridgehead atoms. The molecule has 0 atom stereocenters. The first-order valence-corrected chi connectivity index (χ1v) is 8.68. The van der Waals surface area contributed by atoms with E-state index in [1.165, 1.54) is 24.3 Å². The summed E-state index contributed by atoms with van der Waals surface area (Å²) in [6.07, 6.45) is 0. The van der Waals surface area contributed by atoms with Crippen LogP contribution in [-0.4, -0.2) is 36.8 Å². The minimum atomic E-state index is -0.976. The van der Waals surface area contributed by atoms with Gasteiger partial charge in [-0.3, -0.25) is 14.4 Å². The molecule has 8 nitrogen and oxygen atoms in total. The van der Waals surface area contributed by atoms with Crippen molar-refractivity contribution in [1.82, 2.24) is 5.32 Å². The van der Waals surface area contributed by atoms with Crippen LogP contribution >= 0.6 is 11.6 Å². The van der Waals surface area contributed by atoms with Crippen LogP contribution in [-0.2, 0) is 19.1 Å². The molecule has 0 aromatic heterocycles. The SMILES string of the molecule is CCOC(=O)c1ccc(NC(=O)C(=O)NCC(=O)Nc2cccc(Cl)c2)cc1. The minimum Gasteiger partial charge on any atom is -0.462 e. The van der Waals surface area contributed by atoms with Crippen LogP contribution in [0, 0.1) is 0 Å². The number of hydrogen-bond donors (Lipinski definition) is 3. The van der Waals surface area contributed by atoms with E-state index >= 15 is 0 Å². The summed E-state index contributed by atoms with van der Waals surface area (Å²) >= 11 is 5.82. The summed E-state index contributed by atoms with van der Waals surface area (Å²) in [5.41, 5.74) is 1.11. The van der Waals surface area contributed by atoms with Gasteiger partial charge in [0.1, 0.15) is 0 Å². The molecule has 0 unspecified atom stereocenters. The first-order valence-electron chi connectivity index (χ1n) is 8.31. The summed E-state index contributed by atoms with van der Waals surface area (Å²) in [6.45, 7) is 1.56. The summed E-state index contributed by atoms with van der Waals surface area (Å²) in [6, 6.07) is 12.4. The number of benzene rings is 2. The molecular formula is C19H18ClN3O5. The summed E-state index contributed by atoms with van der Waals surface area (Å²) in [5.74, 6) is -2.92. The number of nitrogens with one attached hydrogen (secondary N) is 3. The Labute approximate surface area is 166 Å². The molecule has 0 spiro atoms. The highest BCUT2D eigenvalue weighted by Crippen LogP contribution is 2.14. The number of esters is 1. The fourth-order valence-electron chi connectivity index (χ4n) is 2.10. The van der Waals surface area contributed by atoms with E-state index in [2.05, 4.69) is 16.0 Å². The van der Waals surface area contributed by atoms with Gasteiger partial charge in [0.2, 0.25) is 5.91 Å². The number of ether oxygens (including phenoxy) is 1. The van der Waals surface area contributed by atoms with Crippen LogP contribution in [0.4, 0.5) is 11.4 Å². The van der Waals surface area contributed by atoms with Gasteiger partial charge in [0, 0.05) is 16.4 Å². The number of rotatable bonds is 6. The molecule has 28 heavy (non-hydrogen) atoms. The Bertz CT molecular complexity index is 883. The fourth-order valence-corrected chi connectivity index (χ4v) is 2.29. The fraction of sp³-hybridized carbons (Fsp3) is 0.158. The van der Waals surface area contributed by atoms with Crippen molar-refractivity contribution < 1.29 is 23.9 Å². The zero-order valence-electron chi connectivity index (χ0n) is 15.0. The second-order valence-electron chi connectivity index (χ2n) is 5.49. The highest BCUT2D eigenvalue weighted by Gasteiger charge is 2.15. The van der Waals surface area contributed by atoms with Gasteiger partial charge in [0.05, 0.1) is 18.7 Å². The molecule has 3 amide bonds. The van der Waals surface area contributed by atoms with Gasteiger partial charge in [-0.05, 0) is 49.4 Å². The van der Waals surface area contributed by atoms with Gasteiger partial charge in [0.15, 0.2) is 0 Å². The van der Waals surface area contributed by atoms with E-state index in [4.69, 9.17) is 16.3 Å². The monoisotopic (exact) mass is 403 g/mol. The molecule has 0 fully saturated rings. The van der Waals surface area contributed by atoms with Crippen molar-refractivity contribution in [3.8, 4) is 0 Å². The molecule has 0 heterocycles. The third-order valence-corrected chi connectivity index (χ3v) is 3.61. The summed E-state index contributed by atoms with van der Waals surface area (Å²) in [4.78, 5) is 47.1. The first kappa shape index (κ1) is 20.9. The third-order valence-electron chi connectivity index (χ3n) is 3.38. The Morgan fingerprint density at radius 1 is 0.929 bits per heavy atom. The topological polar surface area (TPSA) is 114 Å². The van der Waals surface area contributed by atoms with Gasteiger partial charge < -0.3 is 20.7 Å². The quantitative estimate of drug-likeness (QED) is 0.505. The van der Waals surface area contributed by atoms with Crippen molar-refractivity contribution in [2.45, 2.75) is 6.92 Å². The maximum atomic E-state index is 11.9. The summed E-state index contributed by atoms with van der Waals surface area (Å²) < 4.78 is 4.85. The largest absolute Gasteiger partial charge is 0.462 e. The molecule has 0 radical (unpaired) electrons. The highest BCUT2D eigenvalue weighted by atomic mass is 35.5. The van der Waals surface area contributed by atoms with Crippen LogP contribution in [0.15, 0.2) is 48.5 Å². The van der Waals surface area contributed by atoms with Crippen molar-refractivity contribution in [3.63, 3.8) is 0 Å². The van der Waals surface area contributed by atoms with Crippen molar-refractivity contribution in [2.24, 2.45) is 0 Å². The zero-order chi connectivity index (χ0) is 20.5. The first-order chi connectivity index (χ1) is 13.4. The van der Waals surface area contributed by atoms with E-state index in [1.807, 2.05) is 0 Å². The molecule has 3 N–H and O–H groups in total. The summed E-state index contributed by atoms with van der Waals surface area (Å²) in [5, 5.41) is 7.58. The van der Waals surface area contributed by atoms with Gasteiger partial charge in [0.25, 0.3) is 0 Å². The number of halogens is 1. The van der Waals surface area contributed by atoms with E-state index in [1.54, 1.807) is 31.2 Å². The lowest BCUT2D eigenvalue weighted by molar-refractivity contribution is -0.136. The average molecular weight is 404 g/mol. The lowest BCUT2D eigenvalue weighted by atomic mass is 10.2. The Hall–Kier alpha value is -3.39. The number of amides is 3. The smallest absolute Gasteiger partial charge is 0.338 e. The molecule has 0 saturated carbocycles. The lowest BCUT2D eigenvalue weighted by Crippen LogP contribution is -2.39. The van der Waals surface area contributed by atoms with Gasteiger partial charge in [-0.1, -0.05) is 17.7 Å². The molecule has 0 aliphatic carbocycles. The summed E-state index contributed by atoms with van der Waals surface area (Å²) in [7, 11) is 0. The van der Waals surface area contributed by atoms with Gasteiger partial charge in [-0.15, -0.1) is 0 Å². The van der Waals surface area contributed by atoms with Gasteiger partial charge in [-0.25, -0.2) is 4.79 Å². The highest BCUT2D eigenvalue weighted by molar-refractivity contribution is 6.40. The molecule has 146 valence electrons. The van der Waals surface area contributed by atoms with Crippen molar-refractivity contribution in [2.75, 3.05) is 23.8 Å². The Morgan fingerprint density at radius 3 is 2.29 bits per heavy atom. The van der Waals surface area contributed by atoms with Crippen LogP contribution in [0.1, 0.15) is 17.3 Å². The predicted octanol–water partition coefficient (Wildman–Crippen LogP) is 2.21. The second kappa shape index (κ2) is 10.1. The number of hydrogen-bond acceptors (Lipinski definition) is 5. The molecule has 2 rings (SSSR count). The van der Waals surface area contributed by atoms with Crippen molar-refractivity contribution >= 4 is 46.7 Å². The number of anilines is 2. The van der Waals surface area contributed by atoms with E-state index in [0.717, 1.165) is 0 Å². The molecule has 0 aliphatic heterocycles. The maximum absolute atomic E-state index is 11.9. The zero-order valence-corrected chi connectivity index (χ0v) is 15.7. The van der Waals surface area contributed by atoms with Crippen LogP contribution in [0.25, 0.3) is 0 Å². The number of carbonyl (C=O) groups excluding carboxylic acids is 4. The van der Waals surface area contributed by atoms with E-state index in [9.17, 15) is 19.2 Å². The molecule has 9 heteroatoms. The van der Waals surface area contributed by atoms with Crippen LogP contribution in [0.2, 0.25) is 5.02 Å². The van der Waals surface area contributed by atoms with E-state index in [-0.39, 0.29) is 13.2 Å². The average Bonchev–Trinajstić information content (AvgIpc) is 2.66. The maximum Gasteiger partial charge on any atom is 0.338 e. The minimum absolute atomic E-state index is 0.252. The molecule has 2 aromatic rings. The third kappa shape index (κ3) is 6.40. The Morgan fingerprint density at radius 2 is 1.64 bits per heavy atom. The standard InChI is InChI=1S/C19H18ClN3O5/c1-2-28-19(27)12-6-8-14(9-7-12)23-18(26)17(25)21-11-16(24)22-15-5-3-4-13(20)10-15/h3-10H,2,11H2,1H3,(H,21,25)(H,22,24)(H,23,26).